The minimum absolute atomic E-state index is 0.258. The van der Waals surface area contributed by atoms with Gasteiger partial charge < -0.3 is 10.1 Å². The van der Waals surface area contributed by atoms with Crippen molar-refractivity contribution in [3.63, 3.8) is 0 Å². The lowest BCUT2D eigenvalue weighted by atomic mass is 9.85. The van der Waals surface area contributed by atoms with Crippen molar-refractivity contribution >= 4 is 11.0 Å². The number of nitrogens with one attached hydrogen (secondary N) is 1. The lowest BCUT2D eigenvalue weighted by Gasteiger charge is -2.22. The van der Waals surface area contributed by atoms with E-state index in [1.54, 1.807) is 0 Å². The Kier molecular flexibility index (Phi) is 2.85. The first-order valence-electron chi connectivity index (χ1n) is 6.46. The van der Waals surface area contributed by atoms with E-state index in [-0.39, 0.29) is 6.61 Å². The molecule has 0 saturated heterocycles. The Hall–Kier alpha value is -1.35. The molecule has 1 heterocycles. The highest BCUT2D eigenvalue weighted by atomic mass is 16.2. The first-order chi connectivity index (χ1) is 8.36. The number of H-pyrrole nitrogens is 1. The van der Waals surface area contributed by atoms with E-state index in [1.807, 2.05) is 0 Å². The summed E-state index contributed by atoms with van der Waals surface area (Å²) >= 11 is 0. The van der Waals surface area contributed by atoms with Crippen LogP contribution < -0.4 is 0 Å². The Labute approximate surface area is 101 Å². The maximum Gasteiger partial charge on any atom is 0.110 e. The molecule has 0 radical (unpaired) electrons. The van der Waals surface area contributed by atoms with Gasteiger partial charge >= 0.3 is 0 Å². The maximum absolute atomic E-state index is 8.84. The highest BCUT2D eigenvalue weighted by Gasteiger charge is 2.22. The third kappa shape index (κ3) is 2.07. The number of rotatable bonds is 4. The SMILES string of the molecule is OCCCc1ccc2nc(C3CCC3)[nH]c2c1. The molecular weight excluding hydrogens is 212 g/mol. The molecule has 0 unspecified atom stereocenters. The number of aromatic nitrogens is 2. The molecule has 1 aromatic carbocycles. The molecule has 2 N–H and O–H groups in total. The number of imidazole rings is 1. The zero-order valence-electron chi connectivity index (χ0n) is 9.95. The van der Waals surface area contributed by atoms with Gasteiger partial charge in [-0.2, -0.15) is 0 Å². The molecule has 17 heavy (non-hydrogen) atoms. The molecular formula is C14H18N2O. The van der Waals surface area contributed by atoms with Crippen molar-refractivity contribution < 1.29 is 5.11 Å². The summed E-state index contributed by atoms with van der Waals surface area (Å²) in [5, 5.41) is 8.84. The van der Waals surface area contributed by atoms with Gasteiger partial charge in [0.2, 0.25) is 0 Å². The summed E-state index contributed by atoms with van der Waals surface area (Å²) < 4.78 is 0. The average Bonchev–Trinajstić information content (AvgIpc) is 2.66. The lowest BCUT2D eigenvalue weighted by molar-refractivity contribution is 0.288. The number of benzene rings is 1. The van der Waals surface area contributed by atoms with Gasteiger partial charge in [0.25, 0.3) is 0 Å². The molecule has 3 rings (SSSR count). The first kappa shape index (κ1) is 10.8. The molecule has 3 heteroatoms. The second kappa shape index (κ2) is 4.49. The minimum atomic E-state index is 0.258. The van der Waals surface area contributed by atoms with E-state index in [9.17, 15) is 0 Å². The predicted octanol–water partition coefficient (Wildman–Crippen LogP) is 2.76. The van der Waals surface area contributed by atoms with Crippen LogP contribution in [0.5, 0.6) is 0 Å². The smallest absolute Gasteiger partial charge is 0.110 e. The fourth-order valence-electron chi connectivity index (χ4n) is 2.39. The number of aromatic amines is 1. The zero-order valence-corrected chi connectivity index (χ0v) is 9.95. The number of fused-ring (bicyclic) bond motifs is 1. The van der Waals surface area contributed by atoms with Crippen LogP contribution in [0, 0.1) is 0 Å². The quantitative estimate of drug-likeness (QED) is 0.848. The van der Waals surface area contributed by atoms with Crippen LogP contribution in [0.15, 0.2) is 18.2 Å². The lowest BCUT2D eigenvalue weighted by Crippen LogP contribution is -2.10. The van der Waals surface area contributed by atoms with Crippen LogP contribution in [-0.2, 0) is 6.42 Å². The second-order valence-electron chi connectivity index (χ2n) is 4.93. The van der Waals surface area contributed by atoms with Crippen LogP contribution >= 0.6 is 0 Å². The minimum Gasteiger partial charge on any atom is -0.396 e. The zero-order chi connectivity index (χ0) is 11.7. The van der Waals surface area contributed by atoms with Gasteiger partial charge in [-0.15, -0.1) is 0 Å². The molecule has 0 bridgehead atoms. The van der Waals surface area contributed by atoms with Gasteiger partial charge in [-0.1, -0.05) is 12.5 Å². The van der Waals surface area contributed by atoms with Gasteiger partial charge in [-0.3, -0.25) is 0 Å². The highest BCUT2D eigenvalue weighted by molar-refractivity contribution is 5.76. The third-order valence-electron chi connectivity index (χ3n) is 3.68. The molecule has 1 aliphatic rings. The summed E-state index contributed by atoms with van der Waals surface area (Å²) in [7, 11) is 0. The fourth-order valence-corrected chi connectivity index (χ4v) is 2.39. The van der Waals surface area contributed by atoms with Crippen molar-refractivity contribution in [2.75, 3.05) is 6.61 Å². The highest BCUT2D eigenvalue weighted by Crippen LogP contribution is 2.35. The van der Waals surface area contributed by atoms with E-state index >= 15 is 0 Å². The van der Waals surface area contributed by atoms with Gasteiger partial charge in [0, 0.05) is 12.5 Å². The number of nitrogens with zero attached hydrogens (tertiary/aromatic N) is 1. The first-order valence-corrected chi connectivity index (χ1v) is 6.46. The Bertz CT molecular complexity index is 514. The summed E-state index contributed by atoms with van der Waals surface area (Å²) in [6, 6.07) is 6.37. The molecule has 3 nitrogen and oxygen atoms in total. The van der Waals surface area contributed by atoms with Gasteiger partial charge in [0.05, 0.1) is 11.0 Å². The van der Waals surface area contributed by atoms with Crippen LogP contribution in [0.3, 0.4) is 0 Å². The summed E-state index contributed by atoms with van der Waals surface area (Å²) in [6.07, 6.45) is 5.65. The molecule has 1 aliphatic carbocycles. The van der Waals surface area contributed by atoms with E-state index in [0.29, 0.717) is 5.92 Å². The van der Waals surface area contributed by atoms with Crippen molar-refractivity contribution in [1.29, 1.82) is 0 Å². The fraction of sp³-hybridized carbons (Fsp3) is 0.500. The van der Waals surface area contributed by atoms with E-state index in [4.69, 9.17) is 5.11 Å². The van der Waals surface area contributed by atoms with Crippen molar-refractivity contribution in [3.05, 3.63) is 29.6 Å². The maximum atomic E-state index is 8.84. The summed E-state index contributed by atoms with van der Waals surface area (Å²) in [6.45, 7) is 0.258. The summed E-state index contributed by atoms with van der Waals surface area (Å²) in [5.41, 5.74) is 3.48. The Morgan fingerprint density at radius 3 is 2.94 bits per heavy atom. The molecule has 0 aliphatic heterocycles. The van der Waals surface area contributed by atoms with Gasteiger partial charge in [-0.25, -0.2) is 4.98 Å². The normalized spacial score (nSPS) is 16.3. The molecule has 2 aromatic rings. The molecule has 0 atom stereocenters. The molecule has 1 fully saturated rings. The number of aliphatic hydroxyl groups is 1. The molecule has 1 aromatic heterocycles. The van der Waals surface area contributed by atoms with E-state index in [1.165, 1.54) is 24.8 Å². The van der Waals surface area contributed by atoms with Crippen LogP contribution in [0.25, 0.3) is 11.0 Å². The Morgan fingerprint density at radius 2 is 2.24 bits per heavy atom. The summed E-state index contributed by atoms with van der Waals surface area (Å²) in [5.74, 6) is 1.81. The van der Waals surface area contributed by atoms with Gasteiger partial charge in [0.15, 0.2) is 0 Å². The Morgan fingerprint density at radius 1 is 1.35 bits per heavy atom. The largest absolute Gasteiger partial charge is 0.396 e. The van der Waals surface area contributed by atoms with E-state index in [0.717, 1.165) is 29.7 Å². The number of hydrogen-bond donors (Lipinski definition) is 2. The van der Waals surface area contributed by atoms with Crippen LogP contribution in [-0.4, -0.2) is 21.7 Å². The van der Waals surface area contributed by atoms with Crippen LogP contribution in [0.2, 0.25) is 0 Å². The monoisotopic (exact) mass is 230 g/mol. The van der Waals surface area contributed by atoms with Crippen LogP contribution in [0.4, 0.5) is 0 Å². The third-order valence-corrected chi connectivity index (χ3v) is 3.68. The number of aryl methyl sites for hydroxylation is 1. The van der Waals surface area contributed by atoms with Crippen molar-refractivity contribution in [1.82, 2.24) is 9.97 Å². The topological polar surface area (TPSA) is 48.9 Å². The molecule has 90 valence electrons. The summed E-state index contributed by atoms with van der Waals surface area (Å²) in [4.78, 5) is 8.09. The number of hydrogen-bond acceptors (Lipinski definition) is 2. The molecule has 1 saturated carbocycles. The van der Waals surface area contributed by atoms with E-state index < -0.39 is 0 Å². The van der Waals surface area contributed by atoms with Crippen molar-refractivity contribution in [2.24, 2.45) is 0 Å². The standard InChI is InChI=1S/C14H18N2O/c17-8-2-3-10-6-7-12-13(9-10)16-14(15-12)11-4-1-5-11/h6-7,9,11,17H,1-5,8H2,(H,15,16). The molecule has 0 spiro atoms. The average molecular weight is 230 g/mol. The Balaban J connectivity index is 1.87. The van der Waals surface area contributed by atoms with Crippen molar-refractivity contribution in [2.45, 2.75) is 38.0 Å². The van der Waals surface area contributed by atoms with Crippen molar-refractivity contribution in [3.8, 4) is 0 Å². The predicted molar refractivity (Wildman–Crippen MR) is 68.1 cm³/mol. The van der Waals surface area contributed by atoms with E-state index in [2.05, 4.69) is 28.2 Å². The van der Waals surface area contributed by atoms with Gasteiger partial charge in [-0.05, 0) is 43.4 Å². The van der Waals surface area contributed by atoms with Crippen LogP contribution in [0.1, 0.15) is 43.0 Å². The second-order valence-corrected chi connectivity index (χ2v) is 4.93. The van der Waals surface area contributed by atoms with Gasteiger partial charge in [0.1, 0.15) is 5.82 Å². The molecule has 0 amide bonds. The number of aliphatic hydroxyl groups excluding tert-OH is 1.